The van der Waals surface area contributed by atoms with Crippen molar-refractivity contribution in [3.05, 3.63) is 0 Å². The molecule has 0 heterocycles. The minimum Gasteiger partial charge on any atom is -0.466 e. The van der Waals surface area contributed by atoms with Gasteiger partial charge >= 0.3 is 5.97 Å². The lowest BCUT2D eigenvalue weighted by Crippen LogP contribution is -2.09. The van der Waals surface area contributed by atoms with Crippen LogP contribution in [0.1, 0.15) is 26.2 Å². The molecule has 0 aromatic heterocycles. The third kappa shape index (κ3) is 7.68. The summed E-state index contributed by atoms with van der Waals surface area (Å²) < 4.78 is 23.2. The highest BCUT2D eigenvalue weighted by molar-refractivity contribution is 7.79. The first kappa shape index (κ1) is 11.6. The van der Waals surface area contributed by atoms with Crippen LogP contribution in [0.25, 0.3) is 0 Å². The number of hydrogen-bond acceptors (Lipinski definition) is 3. The predicted octanol–water partition coefficient (Wildman–Crippen LogP) is 0.942. The first-order valence-electron chi connectivity index (χ1n) is 3.90. The van der Waals surface area contributed by atoms with Gasteiger partial charge in [0.1, 0.15) is 0 Å². The molecule has 0 aliphatic heterocycles. The molecule has 0 saturated carbocycles. The van der Waals surface area contributed by atoms with Gasteiger partial charge in [-0.2, -0.15) is 0 Å². The number of hydrogen-bond donors (Lipinski definition) is 1. The topological polar surface area (TPSA) is 63.6 Å². The molecule has 72 valence electrons. The normalized spacial score (nSPS) is 12.5. The Kier molecular flexibility index (Phi) is 6.99. The van der Waals surface area contributed by atoms with Crippen molar-refractivity contribution < 1.29 is 18.3 Å². The lowest BCUT2D eigenvalue weighted by atomic mass is 10.4. The minimum atomic E-state index is -1.89. The number of carbonyl (C=O) groups is 1. The van der Waals surface area contributed by atoms with E-state index in [1.165, 1.54) is 0 Å². The van der Waals surface area contributed by atoms with Gasteiger partial charge in [-0.3, -0.25) is 4.79 Å². The summed E-state index contributed by atoms with van der Waals surface area (Å²) in [4.78, 5) is 10.8. The van der Waals surface area contributed by atoms with Gasteiger partial charge in [0.15, 0.2) is 11.1 Å². The first-order valence-corrected chi connectivity index (χ1v) is 5.17. The maximum absolute atomic E-state index is 10.8. The summed E-state index contributed by atoms with van der Waals surface area (Å²) in [6, 6.07) is 0. The Morgan fingerprint density at radius 3 is 2.75 bits per heavy atom. The third-order valence-electron chi connectivity index (χ3n) is 1.24. The van der Waals surface area contributed by atoms with Crippen LogP contribution in [0, 0.1) is 0 Å². The van der Waals surface area contributed by atoms with Crippen molar-refractivity contribution >= 4 is 17.0 Å². The van der Waals surface area contributed by atoms with Crippen molar-refractivity contribution in [1.82, 2.24) is 0 Å². The molecule has 0 aromatic carbocycles. The molecule has 0 aromatic rings. The van der Waals surface area contributed by atoms with Gasteiger partial charge in [-0.1, -0.05) is 13.3 Å². The van der Waals surface area contributed by atoms with E-state index in [1.807, 2.05) is 6.92 Å². The average molecular weight is 194 g/mol. The third-order valence-corrected chi connectivity index (χ3v) is 1.80. The molecular formula is C7H14O4S. The lowest BCUT2D eigenvalue weighted by Gasteiger charge is -2.01. The van der Waals surface area contributed by atoms with Gasteiger partial charge in [0, 0.05) is 0 Å². The predicted molar refractivity (Wildman–Crippen MR) is 46.1 cm³/mol. The van der Waals surface area contributed by atoms with E-state index in [0.717, 1.165) is 12.8 Å². The smallest absolute Gasteiger partial charge is 0.306 e. The van der Waals surface area contributed by atoms with Crippen LogP contribution in [0.5, 0.6) is 0 Å². The SMILES string of the molecule is CCCCOC(=O)CCS(=O)O. The van der Waals surface area contributed by atoms with Crippen molar-refractivity contribution in [2.75, 3.05) is 12.4 Å². The van der Waals surface area contributed by atoms with Crippen LogP contribution in [-0.2, 0) is 20.6 Å². The molecule has 0 fully saturated rings. The van der Waals surface area contributed by atoms with Crippen LogP contribution < -0.4 is 0 Å². The molecule has 5 heteroatoms. The van der Waals surface area contributed by atoms with Gasteiger partial charge in [-0.15, -0.1) is 0 Å². The first-order chi connectivity index (χ1) is 5.66. The summed E-state index contributed by atoms with van der Waals surface area (Å²) in [5, 5.41) is 0. The highest BCUT2D eigenvalue weighted by atomic mass is 32.2. The quantitative estimate of drug-likeness (QED) is 0.388. The molecule has 1 N–H and O–H groups in total. The molecule has 0 saturated heterocycles. The molecule has 4 nitrogen and oxygen atoms in total. The molecule has 0 aliphatic rings. The zero-order chi connectivity index (χ0) is 9.40. The van der Waals surface area contributed by atoms with E-state index >= 15 is 0 Å². The number of ether oxygens (including phenoxy) is 1. The van der Waals surface area contributed by atoms with Gasteiger partial charge in [0.25, 0.3) is 0 Å². The van der Waals surface area contributed by atoms with Gasteiger partial charge in [0.05, 0.1) is 18.8 Å². The molecule has 1 atom stereocenters. The van der Waals surface area contributed by atoms with Crippen LogP contribution in [0.2, 0.25) is 0 Å². The molecule has 1 unspecified atom stereocenters. The highest BCUT2D eigenvalue weighted by Gasteiger charge is 2.03. The Labute approximate surface area is 74.6 Å². The van der Waals surface area contributed by atoms with E-state index < -0.39 is 17.0 Å². The monoisotopic (exact) mass is 194 g/mol. The summed E-state index contributed by atoms with van der Waals surface area (Å²) in [6.45, 7) is 2.41. The van der Waals surface area contributed by atoms with Crippen molar-refractivity contribution in [3.8, 4) is 0 Å². The van der Waals surface area contributed by atoms with Gasteiger partial charge in [0.2, 0.25) is 0 Å². The molecule has 0 aliphatic carbocycles. The van der Waals surface area contributed by atoms with Gasteiger partial charge in [-0.05, 0) is 6.42 Å². The van der Waals surface area contributed by atoms with Crippen molar-refractivity contribution in [3.63, 3.8) is 0 Å². The molecule has 0 spiro atoms. The fraction of sp³-hybridized carbons (Fsp3) is 0.857. The summed E-state index contributed by atoms with van der Waals surface area (Å²) in [7, 11) is 0. The fourth-order valence-corrected chi connectivity index (χ4v) is 0.914. The zero-order valence-corrected chi connectivity index (χ0v) is 7.93. The Morgan fingerprint density at radius 1 is 1.58 bits per heavy atom. The van der Waals surface area contributed by atoms with Crippen LogP contribution >= 0.6 is 0 Å². The molecule has 0 amide bonds. The fourth-order valence-electron chi connectivity index (χ4n) is 0.573. The van der Waals surface area contributed by atoms with E-state index in [4.69, 9.17) is 9.29 Å². The molecular weight excluding hydrogens is 180 g/mol. The minimum absolute atomic E-state index is 0.0207. The molecule has 12 heavy (non-hydrogen) atoms. The van der Waals surface area contributed by atoms with Crippen LogP contribution in [0.15, 0.2) is 0 Å². The standard InChI is InChI=1S/C7H14O4S/c1-2-3-5-11-7(8)4-6-12(9)10/h2-6H2,1H3,(H,9,10). The maximum atomic E-state index is 10.8. The largest absolute Gasteiger partial charge is 0.466 e. The molecule has 0 rings (SSSR count). The summed E-state index contributed by atoms with van der Waals surface area (Å²) in [6.07, 6.45) is 1.83. The number of esters is 1. The van der Waals surface area contributed by atoms with E-state index in [9.17, 15) is 9.00 Å². The second-order valence-electron chi connectivity index (χ2n) is 2.35. The maximum Gasteiger partial charge on any atom is 0.306 e. The summed E-state index contributed by atoms with van der Waals surface area (Å²) in [5.41, 5.74) is 0. The van der Waals surface area contributed by atoms with Crippen LogP contribution in [0.3, 0.4) is 0 Å². The van der Waals surface area contributed by atoms with E-state index in [2.05, 4.69) is 0 Å². The van der Waals surface area contributed by atoms with Gasteiger partial charge in [-0.25, -0.2) is 4.21 Å². The Hall–Kier alpha value is -0.420. The Balaban J connectivity index is 3.28. The van der Waals surface area contributed by atoms with Crippen molar-refractivity contribution in [2.45, 2.75) is 26.2 Å². The van der Waals surface area contributed by atoms with Gasteiger partial charge < -0.3 is 9.29 Å². The highest BCUT2D eigenvalue weighted by Crippen LogP contribution is 1.92. The van der Waals surface area contributed by atoms with Crippen molar-refractivity contribution in [2.24, 2.45) is 0 Å². The van der Waals surface area contributed by atoms with E-state index in [-0.39, 0.29) is 12.2 Å². The van der Waals surface area contributed by atoms with Crippen LogP contribution in [-0.4, -0.2) is 27.1 Å². The average Bonchev–Trinajstić information content (AvgIpc) is 2.01. The Morgan fingerprint density at radius 2 is 2.25 bits per heavy atom. The van der Waals surface area contributed by atoms with E-state index in [0.29, 0.717) is 6.61 Å². The Bertz CT molecular complexity index is 157. The number of carbonyl (C=O) groups excluding carboxylic acids is 1. The number of rotatable bonds is 6. The summed E-state index contributed by atoms with van der Waals surface area (Å²) in [5.74, 6) is -0.434. The van der Waals surface area contributed by atoms with E-state index in [1.54, 1.807) is 0 Å². The van der Waals surface area contributed by atoms with Crippen LogP contribution in [0.4, 0.5) is 0 Å². The molecule has 0 radical (unpaired) electrons. The second-order valence-corrected chi connectivity index (χ2v) is 3.40. The number of unbranched alkanes of at least 4 members (excludes halogenated alkanes) is 1. The summed E-state index contributed by atoms with van der Waals surface area (Å²) >= 11 is -1.89. The zero-order valence-electron chi connectivity index (χ0n) is 7.12. The second kappa shape index (κ2) is 7.24. The lowest BCUT2D eigenvalue weighted by molar-refractivity contribution is -0.143. The van der Waals surface area contributed by atoms with Crippen molar-refractivity contribution in [1.29, 1.82) is 0 Å². The molecule has 0 bridgehead atoms.